The van der Waals surface area contributed by atoms with Crippen LogP contribution in [0.2, 0.25) is 0 Å². The van der Waals surface area contributed by atoms with Crippen molar-refractivity contribution in [2.75, 3.05) is 5.75 Å². The number of hydrogen-bond donors (Lipinski definition) is 4. The highest BCUT2D eigenvalue weighted by Gasteiger charge is 2.25. The van der Waals surface area contributed by atoms with E-state index in [1.165, 1.54) is 10.8 Å². The molecule has 8 heteroatoms. The number of nitrogens with one attached hydrogen (secondary N) is 2. The molecule has 0 fully saturated rings. The van der Waals surface area contributed by atoms with Crippen LogP contribution in [0.1, 0.15) is 26.3 Å². The lowest BCUT2D eigenvalue weighted by Gasteiger charge is -2.20. The molecule has 2 aromatic rings. The fraction of sp³-hybridized carbons (Fsp3) is 0.444. The Morgan fingerprint density at radius 1 is 1.31 bits per heavy atom. The first-order valence-electron chi connectivity index (χ1n) is 8.32. The van der Waals surface area contributed by atoms with E-state index in [0.29, 0.717) is 6.42 Å². The molecule has 0 aliphatic carbocycles. The zero-order valence-corrected chi connectivity index (χ0v) is 16.7. The van der Waals surface area contributed by atoms with Gasteiger partial charge in [0, 0.05) is 27.6 Å². The number of H-pyrrole nitrogens is 1. The second-order valence-corrected chi connectivity index (χ2v) is 10.2. The Bertz CT molecular complexity index is 770. The number of nitrogens with two attached hydrogens (primary N) is 1. The molecular weight excluding hydrogens is 370 g/mol. The van der Waals surface area contributed by atoms with Gasteiger partial charge in [0.25, 0.3) is 0 Å². The molecule has 0 aliphatic rings. The maximum atomic E-state index is 12.4. The molecule has 1 amide bonds. The number of para-hydroxylation sites is 1. The van der Waals surface area contributed by atoms with Crippen molar-refractivity contribution in [3.63, 3.8) is 0 Å². The van der Waals surface area contributed by atoms with Crippen molar-refractivity contribution in [3.8, 4) is 0 Å². The predicted octanol–water partition coefficient (Wildman–Crippen LogP) is 2.79. The standard InChI is InChI=1S/C18H25N3O3S2/c1-18(2,3)26-25-10-15(17(23)24)21-16(22)13(19)8-11-9-20-14-7-5-4-6-12(11)14/h4-7,9,13,15,20H,8,10,19H2,1-3H3,(H,21,22)(H,23,24). The number of aliphatic carboxylic acids is 1. The first-order valence-corrected chi connectivity index (χ1v) is 10.6. The summed E-state index contributed by atoms with van der Waals surface area (Å²) >= 11 is 0. The summed E-state index contributed by atoms with van der Waals surface area (Å²) in [6.45, 7) is 6.16. The minimum absolute atomic E-state index is 0.0173. The van der Waals surface area contributed by atoms with Crippen LogP contribution in [0.3, 0.4) is 0 Å². The minimum atomic E-state index is -1.06. The van der Waals surface area contributed by atoms with Gasteiger partial charge in [-0.3, -0.25) is 4.79 Å². The van der Waals surface area contributed by atoms with Crippen LogP contribution >= 0.6 is 21.6 Å². The molecule has 1 aromatic heterocycles. The van der Waals surface area contributed by atoms with E-state index in [1.807, 2.05) is 30.5 Å². The minimum Gasteiger partial charge on any atom is -0.480 e. The topological polar surface area (TPSA) is 108 Å². The number of rotatable bonds is 8. The number of carbonyl (C=O) groups excluding carboxylic acids is 1. The summed E-state index contributed by atoms with van der Waals surface area (Å²) < 4.78 is 0.0173. The molecule has 0 bridgehead atoms. The summed E-state index contributed by atoms with van der Waals surface area (Å²) in [5, 5.41) is 12.9. The summed E-state index contributed by atoms with van der Waals surface area (Å²) in [6.07, 6.45) is 2.17. The van der Waals surface area contributed by atoms with Gasteiger partial charge in [-0.05, 0) is 18.1 Å². The average molecular weight is 396 g/mol. The molecule has 26 heavy (non-hydrogen) atoms. The number of carboxylic acid groups (broad SMARTS) is 1. The van der Waals surface area contributed by atoms with Crippen LogP contribution in [-0.4, -0.2) is 44.6 Å². The maximum absolute atomic E-state index is 12.4. The second-order valence-electron chi connectivity index (χ2n) is 7.05. The molecule has 0 spiro atoms. The van der Waals surface area contributed by atoms with Gasteiger partial charge in [-0.1, -0.05) is 60.6 Å². The van der Waals surface area contributed by atoms with Crippen molar-refractivity contribution in [1.29, 1.82) is 0 Å². The molecule has 0 saturated carbocycles. The summed E-state index contributed by atoms with van der Waals surface area (Å²) in [5.74, 6) is -1.23. The first-order chi connectivity index (χ1) is 12.2. The number of amides is 1. The molecule has 0 saturated heterocycles. The highest BCUT2D eigenvalue weighted by Crippen LogP contribution is 2.35. The van der Waals surface area contributed by atoms with E-state index < -0.39 is 24.0 Å². The van der Waals surface area contributed by atoms with E-state index in [9.17, 15) is 14.7 Å². The fourth-order valence-corrected chi connectivity index (χ4v) is 4.82. The molecule has 0 radical (unpaired) electrons. The zero-order valence-electron chi connectivity index (χ0n) is 15.1. The number of carbonyl (C=O) groups is 2. The Morgan fingerprint density at radius 3 is 2.65 bits per heavy atom. The third kappa shape index (κ3) is 5.96. The Balaban J connectivity index is 1.94. The van der Waals surface area contributed by atoms with Crippen molar-refractivity contribution >= 4 is 44.4 Å². The number of fused-ring (bicyclic) bond motifs is 1. The molecule has 2 rings (SSSR count). The lowest BCUT2D eigenvalue weighted by Crippen LogP contribution is -2.50. The molecule has 2 unspecified atom stereocenters. The van der Waals surface area contributed by atoms with Crippen molar-refractivity contribution in [1.82, 2.24) is 10.3 Å². The lowest BCUT2D eigenvalue weighted by molar-refractivity contribution is -0.141. The Kier molecular flexibility index (Phi) is 7.02. The van der Waals surface area contributed by atoms with E-state index in [0.717, 1.165) is 16.5 Å². The number of hydrogen-bond acceptors (Lipinski definition) is 5. The van der Waals surface area contributed by atoms with Gasteiger partial charge in [-0.15, -0.1) is 0 Å². The van der Waals surface area contributed by atoms with Gasteiger partial charge in [0.05, 0.1) is 6.04 Å². The van der Waals surface area contributed by atoms with Crippen LogP contribution in [0.25, 0.3) is 10.9 Å². The van der Waals surface area contributed by atoms with Crippen molar-refractivity contribution < 1.29 is 14.7 Å². The van der Waals surface area contributed by atoms with Gasteiger partial charge >= 0.3 is 5.97 Å². The van der Waals surface area contributed by atoms with E-state index in [1.54, 1.807) is 10.8 Å². The maximum Gasteiger partial charge on any atom is 0.327 e. The number of benzene rings is 1. The Morgan fingerprint density at radius 2 is 2.00 bits per heavy atom. The summed E-state index contributed by atoms with van der Waals surface area (Å²) in [6, 6.07) is 6.00. The van der Waals surface area contributed by atoms with Crippen LogP contribution in [0, 0.1) is 0 Å². The molecule has 1 aromatic carbocycles. The fourth-order valence-electron chi connectivity index (χ4n) is 2.36. The number of aromatic nitrogens is 1. The third-order valence-electron chi connectivity index (χ3n) is 3.61. The quantitative estimate of drug-likeness (QED) is 0.512. The smallest absolute Gasteiger partial charge is 0.327 e. The van der Waals surface area contributed by atoms with Gasteiger partial charge in [-0.25, -0.2) is 4.79 Å². The summed E-state index contributed by atoms with van der Waals surface area (Å²) in [5.41, 5.74) is 7.93. The molecule has 2 atom stereocenters. The van der Waals surface area contributed by atoms with E-state index in [2.05, 4.69) is 31.1 Å². The molecular formula is C18H25N3O3S2. The van der Waals surface area contributed by atoms with E-state index in [-0.39, 0.29) is 10.5 Å². The van der Waals surface area contributed by atoms with Gasteiger partial charge in [0.2, 0.25) is 5.91 Å². The SMILES string of the molecule is CC(C)(C)SSCC(NC(=O)C(N)Cc1c[nH]c2ccccc12)C(=O)O. The van der Waals surface area contributed by atoms with E-state index in [4.69, 9.17) is 5.73 Å². The lowest BCUT2D eigenvalue weighted by atomic mass is 10.0. The predicted molar refractivity (Wildman–Crippen MR) is 109 cm³/mol. The second kappa shape index (κ2) is 8.83. The summed E-state index contributed by atoms with van der Waals surface area (Å²) in [7, 11) is 3.02. The third-order valence-corrected chi connectivity index (χ3v) is 6.96. The van der Waals surface area contributed by atoms with Crippen LogP contribution in [0.4, 0.5) is 0 Å². The largest absolute Gasteiger partial charge is 0.480 e. The summed E-state index contributed by atoms with van der Waals surface area (Å²) in [4.78, 5) is 26.9. The number of aromatic amines is 1. The molecule has 6 nitrogen and oxygen atoms in total. The first kappa shape index (κ1) is 20.7. The molecule has 5 N–H and O–H groups in total. The van der Waals surface area contributed by atoms with Crippen molar-refractivity contribution in [2.45, 2.75) is 44.0 Å². The highest BCUT2D eigenvalue weighted by molar-refractivity contribution is 8.77. The Labute approximate surface area is 161 Å². The molecule has 1 heterocycles. The van der Waals surface area contributed by atoms with Crippen LogP contribution < -0.4 is 11.1 Å². The van der Waals surface area contributed by atoms with Crippen LogP contribution in [-0.2, 0) is 16.0 Å². The molecule has 0 aliphatic heterocycles. The van der Waals surface area contributed by atoms with Crippen LogP contribution in [0.15, 0.2) is 30.5 Å². The molecule has 142 valence electrons. The van der Waals surface area contributed by atoms with Gasteiger partial charge < -0.3 is 21.1 Å². The Hall–Kier alpha value is -1.64. The van der Waals surface area contributed by atoms with Gasteiger partial charge in [-0.2, -0.15) is 0 Å². The normalized spacial score (nSPS) is 14.2. The monoisotopic (exact) mass is 395 g/mol. The number of carboxylic acids is 1. The van der Waals surface area contributed by atoms with Crippen molar-refractivity contribution in [2.24, 2.45) is 5.73 Å². The van der Waals surface area contributed by atoms with Gasteiger partial charge in [0.1, 0.15) is 6.04 Å². The van der Waals surface area contributed by atoms with Gasteiger partial charge in [0.15, 0.2) is 0 Å². The van der Waals surface area contributed by atoms with E-state index >= 15 is 0 Å². The zero-order chi connectivity index (χ0) is 19.3. The van der Waals surface area contributed by atoms with Crippen LogP contribution in [0.5, 0.6) is 0 Å². The highest BCUT2D eigenvalue weighted by atomic mass is 33.1. The average Bonchev–Trinajstić information content (AvgIpc) is 2.95. The van der Waals surface area contributed by atoms with Crippen molar-refractivity contribution in [3.05, 3.63) is 36.0 Å².